The highest BCUT2D eigenvalue weighted by Gasteiger charge is 2.34. The Morgan fingerprint density at radius 1 is 0.973 bits per heavy atom. The zero-order valence-electron chi connectivity index (χ0n) is 20.6. The van der Waals surface area contributed by atoms with Gasteiger partial charge in [-0.2, -0.15) is 0 Å². The van der Waals surface area contributed by atoms with Gasteiger partial charge in [-0.05, 0) is 67.8 Å². The highest BCUT2D eigenvalue weighted by molar-refractivity contribution is 7.17. The molecule has 0 saturated carbocycles. The van der Waals surface area contributed by atoms with E-state index in [1.165, 1.54) is 17.4 Å². The van der Waals surface area contributed by atoms with Gasteiger partial charge in [-0.15, -0.1) is 11.3 Å². The fraction of sp³-hybridized carbons (Fsp3) is 0.167. The van der Waals surface area contributed by atoms with E-state index in [2.05, 4.69) is 4.98 Å². The molecule has 2 aromatic carbocycles. The maximum atomic E-state index is 14.4. The maximum Gasteiger partial charge on any atom is 0.188 e. The number of carbonyl (C=O) groups is 1. The lowest BCUT2D eigenvalue weighted by Crippen LogP contribution is -2.44. The van der Waals surface area contributed by atoms with Gasteiger partial charge in [0.15, 0.2) is 17.3 Å². The third-order valence-corrected chi connectivity index (χ3v) is 7.68. The van der Waals surface area contributed by atoms with E-state index >= 15 is 0 Å². The van der Waals surface area contributed by atoms with E-state index in [-0.39, 0.29) is 11.3 Å². The standard InChI is InChI=1S/C30H26FN3O2S/c1-19-27(26-12-11-25(37-26)22-13-16-32-17-14-22)28(35)20(2)34(18-15-21-7-4-3-5-8-21)30(33-19)23-9-6-10-24(31)29(23)36/h3-14,16-17,20,36H,15,18H2,1-2H3. The Kier molecular flexibility index (Phi) is 6.97. The van der Waals surface area contributed by atoms with Crippen LogP contribution in [0.2, 0.25) is 0 Å². The SMILES string of the molecule is CC1=C(c2ccc(-c3ccncc3)s2)C(=O)C(C)N(CCc2ccccc2)C(c2cccc(F)c2O)=N1. The van der Waals surface area contributed by atoms with Crippen LogP contribution in [0.15, 0.2) is 95.9 Å². The van der Waals surface area contributed by atoms with Gasteiger partial charge in [0.2, 0.25) is 0 Å². The number of pyridine rings is 1. The lowest BCUT2D eigenvalue weighted by molar-refractivity contribution is -0.116. The maximum absolute atomic E-state index is 14.4. The van der Waals surface area contributed by atoms with Gasteiger partial charge in [0, 0.05) is 28.7 Å². The van der Waals surface area contributed by atoms with Crippen LogP contribution in [-0.2, 0) is 11.2 Å². The summed E-state index contributed by atoms with van der Waals surface area (Å²) in [6.07, 6.45) is 4.14. The van der Waals surface area contributed by atoms with E-state index < -0.39 is 17.6 Å². The minimum atomic E-state index is -0.728. The topological polar surface area (TPSA) is 65.8 Å². The molecular formula is C30H26FN3O2S. The van der Waals surface area contributed by atoms with Crippen LogP contribution in [0.5, 0.6) is 5.75 Å². The number of para-hydroxylation sites is 1. The zero-order valence-corrected chi connectivity index (χ0v) is 21.4. The number of phenols is 1. The Bertz CT molecular complexity index is 1500. The normalized spacial score (nSPS) is 16.1. The molecule has 1 aliphatic heterocycles. The average molecular weight is 512 g/mol. The predicted molar refractivity (Wildman–Crippen MR) is 146 cm³/mol. The number of hydrogen-bond donors (Lipinski definition) is 1. The smallest absolute Gasteiger partial charge is 0.188 e. The number of amidine groups is 1. The molecule has 3 heterocycles. The Labute approximate surface area is 219 Å². The van der Waals surface area contributed by atoms with Crippen LogP contribution in [0.3, 0.4) is 0 Å². The summed E-state index contributed by atoms with van der Waals surface area (Å²) in [6, 6.07) is 21.6. The van der Waals surface area contributed by atoms with Crippen LogP contribution < -0.4 is 0 Å². The molecule has 4 aromatic rings. The number of rotatable bonds is 6. The molecule has 0 radical (unpaired) electrons. The molecule has 1 aliphatic rings. The first-order valence-corrected chi connectivity index (χ1v) is 12.9. The van der Waals surface area contributed by atoms with E-state index in [4.69, 9.17) is 4.99 Å². The van der Waals surface area contributed by atoms with Crippen LogP contribution in [0.25, 0.3) is 16.0 Å². The molecule has 5 nitrogen and oxygen atoms in total. The lowest BCUT2D eigenvalue weighted by Gasteiger charge is -2.30. The monoisotopic (exact) mass is 511 g/mol. The highest BCUT2D eigenvalue weighted by atomic mass is 32.1. The Morgan fingerprint density at radius 2 is 1.70 bits per heavy atom. The van der Waals surface area contributed by atoms with Gasteiger partial charge in [-0.1, -0.05) is 36.4 Å². The van der Waals surface area contributed by atoms with Crippen molar-refractivity contribution in [3.05, 3.63) is 113 Å². The van der Waals surface area contributed by atoms with Crippen molar-refractivity contribution in [2.24, 2.45) is 4.99 Å². The van der Waals surface area contributed by atoms with E-state index in [0.29, 0.717) is 30.1 Å². The summed E-state index contributed by atoms with van der Waals surface area (Å²) < 4.78 is 14.4. The third kappa shape index (κ3) is 4.95. The number of thiophene rings is 1. The molecule has 0 spiro atoms. The molecule has 1 atom stereocenters. The van der Waals surface area contributed by atoms with Gasteiger partial charge in [-0.3, -0.25) is 9.78 Å². The second-order valence-electron chi connectivity index (χ2n) is 8.90. The van der Waals surface area contributed by atoms with Gasteiger partial charge < -0.3 is 10.0 Å². The first-order chi connectivity index (χ1) is 17.9. The van der Waals surface area contributed by atoms with Gasteiger partial charge in [0.05, 0.1) is 22.9 Å². The number of hydrogen-bond acceptors (Lipinski definition) is 6. The Morgan fingerprint density at radius 3 is 2.46 bits per heavy atom. The number of nitrogens with zero attached hydrogens (tertiary/aromatic N) is 3. The second-order valence-corrected chi connectivity index (χ2v) is 9.98. The molecule has 0 bridgehead atoms. The van der Waals surface area contributed by atoms with Crippen molar-refractivity contribution in [2.45, 2.75) is 26.3 Å². The van der Waals surface area contributed by atoms with Crippen molar-refractivity contribution in [3.63, 3.8) is 0 Å². The van der Waals surface area contributed by atoms with Crippen LogP contribution >= 0.6 is 11.3 Å². The van der Waals surface area contributed by atoms with E-state index in [0.717, 1.165) is 20.9 Å². The number of aromatic hydroxyl groups is 1. The van der Waals surface area contributed by atoms with Crippen LogP contribution in [0, 0.1) is 5.82 Å². The summed E-state index contributed by atoms with van der Waals surface area (Å²) in [5.74, 6) is -0.887. The molecule has 0 aliphatic carbocycles. The fourth-order valence-corrected chi connectivity index (χ4v) is 5.65. The summed E-state index contributed by atoms with van der Waals surface area (Å²) in [5.41, 5.74) is 3.46. The molecule has 0 saturated heterocycles. The number of benzene rings is 2. The molecule has 0 fully saturated rings. The number of Topliss-reactive ketones (excluding diaryl/α,β-unsaturated/α-hetero) is 1. The van der Waals surface area contributed by atoms with E-state index in [1.54, 1.807) is 31.5 Å². The van der Waals surface area contributed by atoms with Gasteiger partial charge in [0.25, 0.3) is 0 Å². The highest BCUT2D eigenvalue weighted by Crippen LogP contribution is 2.37. The largest absolute Gasteiger partial charge is 0.504 e. The summed E-state index contributed by atoms with van der Waals surface area (Å²) in [7, 11) is 0. The minimum absolute atomic E-state index is 0.0664. The Hall–Kier alpha value is -4.10. The first kappa shape index (κ1) is 24.6. The molecule has 5 rings (SSSR count). The van der Waals surface area contributed by atoms with Crippen LogP contribution in [-0.4, -0.2) is 39.2 Å². The molecule has 2 aromatic heterocycles. The predicted octanol–water partition coefficient (Wildman–Crippen LogP) is 6.35. The quantitative estimate of drug-likeness (QED) is 0.328. The fourth-order valence-electron chi connectivity index (χ4n) is 4.54. The number of allylic oxidation sites excluding steroid dienone is 1. The van der Waals surface area contributed by atoms with Crippen molar-refractivity contribution in [1.29, 1.82) is 0 Å². The van der Waals surface area contributed by atoms with Crippen molar-refractivity contribution in [1.82, 2.24) is 9.88 Å². The van der Waals surface area contributed by atoms with Gasteiger partial charge >= 0.3 is 0 Å². The molecule has 186 valence electrons. The number of aromatic nitrogens is 1. The molecular weight excluding hydrogens is 485 g/mol. The zero-order chi connectivity index (χ0) is 25.9. The summed E-state index contributed by atoms with van der Waals surface area (Å²) >= 11 is 1.52. The van der Waals surface area contributed by atoms with E-state index in [9.17, 15) is 14.3 Å². The lowest BCUT2D eigenvalue weighted by atomic mass is 10.0. The third-order valence-electron chi connectivity index (χ3n) is 6.53. The summed E-state index contributed by atoms with van der Waals surface area (Å²) in [4.78, 5) is 26.6. The van der Waals surface area contributed by atoms with Crippen molar-refractivity contribution in [3.8, 4) is 16.2 Å². The number of ketones is 1. The van der Waals surface area contributed by atoms with Crippen LogP contribution in [0.1, 0.15) is 29.9 Å². The summed E-state index contributed by atoms with van der Waals surface area (Å²) in [6.45, 7) is 4.11. The molecule has 1 N–H and O–H groups in total. The average Bonchev–Trinajstić information content (AvgIpc) is 3.37. The van der Waals surface area contributed by atoms with E-state index in [1.807, 2.05) is 66.4 Å². The number of halogens is 1. The van der Waals surface area contributed by atoms with Crippen molar-refractivity contribution in [2.75, 3.05) is 6.54 Å². The first-order valence-electron chi connectivity index (χ1n) is 12.1. The minimum Gasteiger partial charge on any atom is -0.504 e. The van der Waals surface area contributed by atoms with Gasteiger partial charge in [0.1, 0.15) is 5.84 Å². The van der Waals surface area contributed by atoms with Gasteiger partial charge in [-0.25, -0.2) is 9.38 Å². The molecule has 1 unspecified atom stereocenters. The number of aliphatic imine (C=N–C) groups is 1. The van der Waals surface area contributed by atoms with Crippen LogP contribution in [0.4, 0.5) is 4.39 Å². The Balaban J connectivity index is 1.59. The van der Waals surface area contributed by atoms with Crippen molar-refractivity contribution >= 4 is 28.5 Å². The molecule has 37 heavy (non-hydrogen) atoms. The number of carbonyl (C=O) groups excluding carboxylic acids is 1. The molecule has 0 amide bonds. The summed E-state index contributed by atoms with van der Waals surface area (Å²) in [5, 5.41) is 10.6. The molecule has 7 heteroatoms. The van der Waals surface area contributed by atoms with Crippen molar-refractivity contribution < 1.29 is 14.3 Å². The number of phenolic OH excluding ortho intramolecular Hbond substituents is 1. The second kappa shape index (κ2) is 10.5.